The first-order valence-corrected chi connectivity index (χ1v) is 7.01. The number of fused-ring (bicyclic) bond motifs is 3. The van der Waals surface area contributed by atoms with Gasteiger partial charge in [0.05, 0.1) is 5.41 Å². The number of allylic oxidation sites excluding steroid dienone is 4. The molecule has 0 radical (unpaired) electrons. The Morgan fingerprint density at radius 1 is 0.950 bits per heavy atom. The molecule has 4 rings (SSSR count). The summed E-state index contributed by atoms with van der Waals surface area (Å²) >= 11 is 0. The van der Waals surface area contributed by atoms with E-state index in [1.54, 1.807) is 0 Å². The molecule has 0 aromatic heterocycles. The zero-order chi connectivity index (χ0) is 13.6. The minimum atomic E-state index is -0.104. The van der Waals surface area contributed by atoms with E-state index in [9.17, 15) is 0 Å². The molecule has 2 aromatic rings. The van der Waals surface area contributed by atoms with Crippen LogP contribution in [0.4, 0.5) is 0 Å². The molecule has 2 atom stereocenters. The van der Waals surface area contributed by atoms with E-state index < -0.39 is 0 Å². The smallest absolute Gasteiger partial charge is 0.131 e. The van der Waals surface area contributed by atoms with Crippen LogP contribution in [0.5, 0.6) is 5.75 Å². The van der Waals surface area contributed by atoms with Crippen LogP contribution in [0.3, 0.4) is 0 Å². The third-order valence-corrected chi connectivity index (χ3v) is 4.51. The van der Waals surface area contributed by atoms with Gasteiger partial charge in [-0.25, -0.2) is 0 Å². The Hall–Kier alpha value is -2.28. The average molecular weight is 260 g/mol. The molecule has 2 aliphatic rings. The summed E-state index contributed by atoms with van der Waals surface area (Å²) in [6, 6.07) is 19.0. The first-order valence-electron chi connectivity index (χ1n) is 7.01. The summed E-state index contributed by atoms with van der Waals surface area (Å²) in [4.78, 5) is 0. The van der Waals surface area contributed by atoms with Crippen LogP contribution in [0.1, 0.15) is 24.0 Å². The molecule has 1 aliphatic heterocycles. The lowest BCUT2D eigenvalue weighted by Crippen LogP contribution is -2.31. The second kappa shape index (κ2) is 4.11. The molecule has 0 saturated carbocycles. The van der Waals surface area contributed by atoms with Crippen LogP contribution < -0.4 is 4.74 Å². The SMILES string of the molecule is CC12C(=CC=C[C@@H]1c1ccccc1)Oc1ccccc12. The van der Waals surface area contributed by atoms with Crippen molar-refractivity contribution in [3.05, 3.63) is 89.7 Å². The summed E-state index contributed by atoms with van der Waals surface area (Å²) in [5, 5.41) is 0. The van der Waals surface area contributed by atoms with Gasteiger partial charge in [-0.2, -0.15) is 0 Å². The van der Waals surface area contributed by atoms with Crippen LogP contribution in [0.2, 0.25) is 0 Å². The van der Waals surface area contributed by atoms with Crippen molar-refractivity contribution in [2.45, 2.75) is 18.3 Å². The van der Waals surface area contributed by atoms with E-state index in [4.69, 9.17) is 4.74 Å². The lowest BCUT2D eigenvalue weighted by molar-refractivity contribution is 0.357. The van der Waals surface area contributed by atoms with Crippen LogP contribution >= 0.6 is 0 Å². The standard InChI is InChI=1S/C19H16O/c1-19-15(14-8-3-2-4-9-14)11-7-13-18(19)20-17-12-6-5-10-16(17)19/h2-13,15H,1H3/t15-,19?/m1/s1. The summed E-state index contributed by atoms with van der Waals surface area (Å²) in [5.74, 6) is 2.35. The highest BCUT2D eigenvalue weighted by molar-refractivity contribution is 5.56. The molecule has 0 bridgehead atoms. The highest BCUT2D eigenvalue weighted by Gasteiger charge is 2.47. The quantitative estimate of drug-likeness (QED) is 0.729. The Morgan fingerprint density at radius 2 is 1.70 bits per heavy atom. The van der Waals surface area contributed by atoms with Gasteiger partial charge in [0.15, 0.2) is 0 Å². The minimum Gasteiger partial charge on any atom is -0.460 e. The second-order valence-electron chi connectivity index (χ2n) is 5.60. The van der Waals surface area contributed by atoms with Crippen molar-refractivity contribution in [2.24, 2.45) is 0 Å². The van der Waals surface area contributed by atoms with Crippen molar-refractivity contribution in [3.63, 3.8) is 0 Å². The third-order valence-electron chi connectivity index (χ3n) is 4.51. The predicted molar refractivity (Wildman–Crippen MR) is 80.8 cm³/mol. The molecule has 20 heavy (non-hydrogen) atoms. The minimum absolute atomic E-state index is 0.104. The number of para-hydroxylation sites is 1. The zero-order valence-corrected chi connectivity index (χ0v) is 11.4. The fourth-order valence-corrected chi connectivity index (χ4v) is 3.42. The van der Waals surface area contributed by atoms with E-state index >= 15 is 0 Å². The maximum absolute atomic E-state index is 6.08. The Balaban J connectivity index is 1.92. The third kappa shape index (κ3) is 1.44. The fraction of sp³-hybridized carbons (Fsp3) is 0.158. The summed E-state index contributed by atoms with van der Waals surface area (Å²) in [7, 11) is 0. The molecule has 0 spiro atoms. The predicted octanol–water partition coefficient (Wildman–Crippen LogP) is 4.57. The van der Waals surface area contributed by atoms with Crippen molar-refractivity contribution < 1.29 is 4.74 Å². The van der Waals surface area contributed by atoms with Crippen LogP contribution in [0, 0.1) is 0 Å². The van der Waals surface area contributed by atoms with Gasteiger partial charge in [0.25, 0.3) is 0 Å². The molecule has 2 aromatic carbocycles. The maximum atomic E-state index is 6.08. The fourth-order valence-electron chi connectivity index (χ4n) is 3.42. The van der Waals surface area contributed by atoms with Crippen molar-refractivity contribution in [3.8, 4) is 5.75 Å². The average Bonchev–Trinajstić information content (AvgIpc) is 2.81. The Kier molecular flexibility index (Phi) is 2.37. The normalized spacial score (nSPS) is 26.4. The number of ether oxygens (including phenoxy) is 1. The van der Waals surface area contributed by atoms with E-state index in [-0.39, 0.29) is 5.41 Å². The van der Waals surface area contributed by atoms with Gasteiger partial charge in [0, 0.05) is 11.5 Å². The van der Waals surface area contributed by atoms with Crippen LogP contribution in [0.15, 0.2) is 78.6 Å². The summed E-state index contributed by atoms with van der Waals surface area (Å²) in [5.41, 5.74) is 2.51. The van der Waals surface area contributed by atoms with E-state index in [1.807, 2.05) is 6.07 Å². The maximum Gasteiger partial charge on any atom is 0.131 e. The summed E-state index contributed by atoms with van der Waals surface area (Å²) in [6.07, 6.45) is 6.49. The van der Waals surface area contributed by atoms with Gasteiger partial charge in [-0.1, -0.05) is 60.7 Å². The van der Waals surface area contributed by atoms with Crippen molar-refractivity contribution in [2.75, 3.05) is 0 Å². The second-order valence-corrected chi connectivity index (χ2v) is 5.60. The van der Waals surface area contributed by atoms with Gasteiger partial charge < -0.3 is 4.74 Å². The Labute approximate surface area is 119 Å². The molecule has 1 unspecified atom stereocenters. The number of benzene rings is 2. The highest BCUT2D eigenvalue weighted by atomic mass is 16.5. The molecule has 0 amide bonds. The first-order chi connectivity index (χ1) is 9.80. The number of hydrogen-bond donors (Lipinski definition) is 0. The number of hydrogen-bond acceptors (Lipinski definition) is 1. The Bertz CT molecular complexity index is 712. The van der Waals surface area contributed by atoms with Crippen LogP contribution in [-0.4, -0.2) is 0 Å². The molecule has 98 valence electrons. The molecule has 1 heteroatoms. The molecule has 1 nitrogen and oxygen atoms in total. The van der Waals surface area contributed by atoms with Gasteiger partial charge in [-0.3, -0.25) is 0 Å². The molecule has 0 N–H and O–H groups in total. The van der Waals surface area contributed by atoms with Crippen molar-refractivity contribution in [1.82, 2.24) is 0 Å². The summed E-state index contributed by atoms with van der Waals surface area (Å²) in [6.45, 7) is 2.28. The lowest BCUT2D eigenvalue weighted by Gasteiger charge is -2.34. The molecular formula is C19H16O. The molecule has 1 aliphatic carbocycles. The van der Waals surface area contributed by atoms with Gasteiger partial charge >= 0.3 is 0 Å². The molecule has 0 saturated heterocycles. The van der Waals surface area contributed by atoms with Crippen molar-refractivity contribution in [1.29, 1.82) is 0 Å². The zero-order valence-electron chi connectivity index (χ0n) is 11.4. The topological polar surface area (TPSA) is 9.23 Å². The van der Waals surface area contributed by atoms with Crippen LogP contribution in [0.25, 0.3) is 0 Å². The molecule has 1 heterocycles. The largest absolute Gasteiger partial charge is 0.460 e. The van der Waals surface area contributed by atoms with Crippen molar-refractivity contribution >= 4 is 0 Å². The van der Waals surface area contributed by atoms with Gasteiger partial charge in [0.2, 0.25) is 0 Å². The molecular weight excluding hydrogens is 244 g/mol. The van der Waals surface area contributed by atoms with Gasteiger partial charge in [0.1, 0.15) is 11.5 Å². The monoisotopic (exact) mass is 260 g/mol. The Morgan fingerprint density at radius 3 is 2.55 bits per heavy atom. The van der Waals surface area contributed by atoms with E-state index in [0.29, 0.717) is 5.92 Å². The first kappa shape index (κ1) is 11.5. The van der Waals surface area contributed by atoms with Gasteiger partial charge in [-0.05, 0) is 24.6 Å². The van der Waals surface area contributed by atoms with E-state index in [1.165, 1.54) is 11.1 Å². The lowest BCUT2D eigenvalue weighted by atomic mass is 9.67. The highest BCUT2D eigenvalue weighted by Crippen LogP contribution is 2.54. The van der Waals surface area contributed by atoms with E-state index in [2.05, 4.69) is 73.7 Å². The molecule has 0 fully saturated rings. The summed E-state index contributed by atoms with van der Waals surface area (Å²) < 4.78 is 6.08. The van der Waals surface area contributed by atoms with Crippen LogP contribution in [-0.2, 0) is 5.41 Å². The number of rotatable bonds is 1. The van der Waals surface area contributed by atoms with Gasteiger partial charge in [-0.15, -0.1) is 0 Å². The van der Waals surface area contributed by atoms with E-state index in [0.717, 1.165) is 11.5 Å².